The lowest BCUT2D eigenvalue weighted by molar-refractivity contribution is 0.493. The molecule has 0 aromatic rings. The minimum Gasteiger partial charge on any atom is -0.0885 e. The van der Waals surface area contributed by atoms with Crippen molar-refractivity contribution >= 4 is 8.07 Å². The van der Waals surface area contributed by atoms with Crippen LogP contribution >= 0.6 is 0 Å². The summed E-state index contributed by atoms with van der Waals surface area (Å²) >= 11 is 0. The zero-order valence-corrected chi connectivity index (χ0v) is 12.6. The van der Waals surface area contributed by atoms with E-state index in [-0.39, 0.29) is 0 Å². The van der Waals surface area contributed by atoms with E-state index in [1.165, 1.54) is 57.8 Å². The summed E-state index contributed by atoms with van der Waals surface area (Å²) in [5.41, 5.74) is 1.14. The number of rotatable bonds is 1. The highest BCUT2D eigenvalue weighted by atomic mass is 28.3. The third-order valence-corrected chi connectivity index (χ3v) is 7.02. The third kappa shape index (κ3) is 5.88. The van der Waals surface area contributed by atoms with Gasteiger partial charge in [-0.2, -0.15) is 0 Å². The van der Waals surface area contributed by atoms with Crippen LogP contribution in [0.2, 0.25) is 25.2 Å². The number of hydrogen-bond donors (Lipinski definition) is 0. The van der Waals surface area contributed by atoms with Crippen LogP contribution < -0.4 is 0 Å². The Morgan fingerprint density at radius 1 is 0.750 bits per heavy atom. The zero-order chi connectivity index (χ0) is 11.9. The van der Waals surface area contributed by atoms with E-state index in [1.807, 2.05) is 0 Å². The summed E-state index contributed by atoms with van der Waals surface area (Å²) in [4.78, 5) is 0. The van der Waals surface area contributed by atoms with E-state index in [9.17, 15) is 0 Å². The van der Waals surface area contributed by atoms with E-state index in [0.29, 0.717) is 0 Å². The second-order valence-electron chi connectivity index (χ2n) is 6.46. The van der Waals surface area contributed by atoms with E-state index in [0.717, 1.165) is 5.54 Å². The quantitative estimate of drug-likeness (QED) is 0.401. The summed E-state index contributed by atoms with van der Waals surface area (Å²) in [5.74, 6) is 0. The van der Waals surface area contributed by atoms with Gasteiger partial charge in [0.2, 0.25) is 0 Å². The SMILES string of the molecule is C1=CCCCC1.C[Si](C)(C)C1CCCCC1. The highest BCUT2D eigenvalue weighted by Crippen LogP contribution is 2.36. The molecule has 2 aliphatic rings. The van der Waals surface area contributed by atoms with Gasteiger partial charge in [0.25, 0.3) is 0 Å². The van der Waals surface area contributed by atoms with Gasteiger partial charge >= 0.3 is 0 Å². The molecule has 0 N–H and O–H groups in total. The first-order valence-electron chi connectivity index (χ1n) is 7.26. The molecule has 0 amide bonds. The standard InChI is InChI=1S/C9H20Si.C6H10/c1-10(2,3)9-7-5-4-6-8-9;1-2-4-6-5-3-1/h9H,4-8H2,1-3H3;1-2H,3-6H2. The number of hydrogen-bond acceptors (Lipinski definition) is 0. The largest absolute Gasteiger partial charge is 0.0885 e. The van der Waals surface area contributed by atoms with Crippen molar-refractivity contribution in [2.45, 2.75) is 83.0 Å². The first-order chi connectivity index (χ1) is 7.61. The van der Waals surface area contributed by atoms with E-state index in [4.69, 9.17) is 0 Å². The molecule has 1 heteroatoms. The summed E-state index contributed by atoms with van der Waals surface area (Å²) in [6.45, 7) is 7.55. The van der Waals surface area contributed by atoms with Gasteiger partial charge in [-0.05, 0) is 31.2 Å². The lowest BCUT2D eigenvalue weighted by Crippen LogP contribution is -2.29. The van der Waals surface area contributed by atoms with Crippen LogP contribution in [0.15, 0.2) is 12.2 Å². The molecule has 94 valence electrons. The molecule has 0 spiro atoms. The minimum absolute atomic E-state index is 0.756. The Hall–Kier alpha value is -0.0431. The van der Waals surface area contributed by atoms with Crippen molar-refractivity contribution in [3.05, 3.63) is 12.2 Å². The van der Waals surface area contributed by atoms with Gasteiger partial charge in [-0.15, -0.1) is 0 Å². The maximum Gasteiger partial charge on any atom is 0.0473 e. The molecule has 2 aliphatic carbocycles. The third-order valence-electron chi connectivity index (χ3n) is 3.99. The van der Waals surface area contributed by atoms with Gasteiger partial charge < -0.3 is 0 Å². The Balaban J connectivity index is 0.000000181. The van der Waals surface area contributed by atoms with E-state index in [1.54, 1.807) is 0 Å². The highest BCUT2D eigenvalue weighted by Gasteiger charge is 2.27. The fourth-order valence-corrected chi connectivity index (χ4v) is 4.87. The second kappa shape index (κ2) is 7.32. The van der Waals surface area contributed by atoms with Crippen LogP contribution in [-0.4, -0.2) is 8.07 Å². The second-order valence-corrected chi connectivity index (χ2v) is 12.0. The summed E-state index contributed by atoms with van der Waals surface area (Å²) in [6.07, 6.45) is 17.6. The van der Waals surface area contributed by atoms with Gasteiger partial charge in [0.15, 0.2) is 0 Å². The van der Waals surface area contributed by atoms with Crippen LogP contribution in [0, 0.1) is 0 Å². The molecule has 0 atom stereocenters. The Labute approximate surface area is 104 Å². The van der Waals surface area contributed by atoms with Crippen molar-refractivity contribution in [2.75, 3.05) is 0 Å². The first kappa shape index (κ1) is 14.0. The molecule has 0 bridgehead atoms. The number of allylic oxidation sites excluding steroid dienone is 2. The first-order valence-corrected chi connectivity index (χ1v) is 10.8. The van der Waals surface area contributed by atoms with Crippen molar-refractivity contribution in [3.8, 4) is 0 Å². The van der Waals surface area contributed by atoms with Gasteiger partial charge in [0.1, 0.15) is 0 Å². The average molecular weight is 238 g/mol. The predicted molar refractivity (Wildman–Crippen MR) is 77.8 cm³/mol. The van der Waals surface area contributed by atoms with E-state index in [2.05, 4.69) is 31.8 Å². The lowest BCUT2D eigenvalue weighted by Gasteiger charge is -2.32. The summed E-state index contributed by atoms with van der Waals surface area (Å²) < 4.78 is 0. The molecule has 1 saturated carbocycles. The average Bonchev–Trinajstić information content (AvgIpc) is 2.32. The molecular formula is C15H30Si. The topological polar surface area (TPSA) is 0 Å². The maximum atomic E-state index is 2.52. The highest BCUT2D eigenvalue weighted by molar-refractivity contribution is 6.77. The van der Waals surface area contributed by atoms with E-state index < -0.39 is 8.07 Å². The van der Waals surface area contributed by atoms with Crippen LogP contribution in [0.4, 0.5) is 0 Å². The fraction of sp³-hybridized carbons (Fsp3) is 0.867. The van der Waals surface area contributed by atoms with Crippen LogP contribution in [0.5, 0.6) is 0 Å². The molecule has 0 nitrogen and oxygen atoms in total. The van der Waals surface area contributed by atoms with Crippen LogP contribution in [0.25, 0.3) is 0 Å². The minimum atomic E-state index is -0.756. The molecule has 0 aliphatic heterocycles. The molecule has 1 fully saturated rings. The fourth-order valence-electron chi connectivity index (χ4n) is 2.73. The zero-order valence-electron chi connectivity index (χ0n) is 11.6. The van der Waals surface area contributed by atoms with Crippen molar-refractivity contribution in [3.63, 3.8) is 0 Å². The molecule has 0 aromatic carbocycles. The van der Waals surface area contributed by atoms with E-state index >= 15 is 0 Å². The molecule has 0 aromatic heterocycles. The van der Waals surface area contributed by atoms with Gasteiger partial charge in [-0.1, -0.05) is 63.9 Å². The molecule has 0 unspecified atom stereocenters. The molecular weight excluding hydrogens is 208 g/mol. The summed E-state index contributed by atoms with van der Waals surface area (Å²) in [5, 5.41) is 0. The Bertz CT molecular complexity index is 186. The van der Waals surface area contributed by atoms with Gasteiger partial charge in [0, 0.05) is 8.07 Å². The van der Waals surface area contributed by atoms with Crippen LogP contribution in [-0.2, 0) is 0 Å². The van der Waals surface area contributed by atoms with Crippen LogP contribution in [0.3, 0.4) is 0 Å². The summed E-state index contributed by atoms with van der Waals surface area (Å²) in [6, 6.07) is 0. The van der Waals surface area contributed by atoms with Crippen molar-refractivity contribution in [2.24, 2.45) is 0 Å². The molecule has 0 heterocycles. The van der Waals surface area contributed by atoms with Crippen molar-refractivity contribution < 1.29 is 0 Å². The Morgan fingerprint density at radius 3 is 1.50 bits per heavy atom. The van der Waals surface area contributed by atoms with Gasteiger partial charge in [-0.25, -0.2) is 0 Å². The normalized spacial score (nSPS) is 22.4. The van der Waals surface area contributed by atoms with Gasteiger partial charge in [-0.3, -0.25) is 0 Å². The molecule has 16 heavy (non-hydrogen) atoms. The predicted octanol–water partition coefficient (Wildman–Crippen LogP) is 5.78. The molecule has 2 rings (SSSR count). The monoisotopic (exact) mass is 238 g/mol. The maximum absolute atomic E-state index is 2.52. The Kier molecular flexibility index (Phi) is 6.41. The molecule has 0 radical (unpaired) electrons. The van der Waals surface area contributed by atoms with Crippen molar-refractivity contribution in [1.29, 1.82) is 0 Å². The smallest absolute Gasteiger partial charge is 0.0473 e. The lowest BCUT2D eigenvalue weighted by atomic mass is 10.0. The summed E-state index contributed by atoms with van der Waals surface area (Å²) in [7, 11) is -0.756. The molecule has 0 saturated heterocycles. The van der Waals surface area contributed by atoms with Crippen LogP contribution in [0.1, 0.15) is 57.8 Å². The van der Waals surface area contributed by atoms with Gasteiger partial charge in [0.05, 0.1) is 0 Å². The van der Waals surface area contributed by atoms with Crippen molar-refractivity contribution in [1.82, 2.24) is 0 Å². The Morgan fingerprint density at radius 2 is 1.25 bits per heavy atom.